The van der Waals surface area contributed by atoms with Crippen molar-refractivity contribution < 1.29 is 4.79 Å². The molecule has 0 radical (unpaired) electrons. The molecule has 2 aromatic carbocycles. The van der Waals surface area contributed by atoms with Gasteiger partial charge in [-0.1, -0.05) is 41.9 Å². The first-order chi connectivity index (χ1) is 8.65. The molecule has 2 nitrogen and oxygen atoms in total. The molecule has 0 fully saturated rings. The minimum absolute atomic E-state index is 0.0264. The van der Waals surface area contributed by atoms with Gasteiger partial charge >= 0.3 is 0 Å². The van der Waals surface area contributed by atoms with Crippen molar-refractivity contribution in [2.24, 2.45) is 0 Å². The van der Waals surface area contributed by atoms with Crippen molar-refractivity contribution in [2.45, 2.75) is 6.42 Å². The number of carbonyl (C=O) groups excluding carboxylic acids is 1. The lowest BCUT2D eigenvalue weighted by Gasteiger charge is -2.07. The third-order valence-corrected chi connectivity index (χ3v) is 3.54. The second-order valence-corrected chi connectivity index (χ2v) is 5.43. The lowest BCUT2D eigenvalue weighted by atomic mass is 10.1. The first-order valence-corrected chi connectivity index (χ1v) is 6.89. The molecule has 4 heteroatoms. The average Bonchev–Trinajstić information content (AvgIpc) is 2.34. The summed E-state index contributed by atoms with van der Waals surface area (Å²) in [5.74, 6) is -0.0264. The molecule has 0 aliphatic carbocycles. The molecule has 0 saturated heterocycles. The summed E-state index contributed by atoms with van der Waals surface area (Å²) in [4.78, 5) is 11.9. The van der Waals surface area contributed by atoms with Crippen LogP contribution in [0.25, 0.3) is 0 Å². The summed E-state index contributed by atoms with van der Waals surface area (Å²) >= 11 is 8.02. The highest BCUT2D eigenvalue weighted by Gasteiger charge is 2.06. The molecule has 1 amide bonds. The molecule has 2 aromatic rings. The molecular weight excluding hydrogens is 361 g/mol. The molecule has 0 bridgehead atoms. The van der Waals surface area contributed by atoms with Crippen LogP contribution in [0.5, 0.6) is 0 Å². The molecular formula is C14H11ClINO. The Morgan fingerprint density at radius 3 is 2.56 bits per heavy atom. The fourth-order valence-corrected chi connectivity index (χ4v) is 2.57. The molecule has 0 atom stereocenters. The van der Waals surface area contributed by atoms with Gasteiger partial charge in [0.15, 0.2) is 0 Å². The highest BCUT2D eigenvalue weighted by Crippen LogP contribution is 2.22. The Morgan fingerprint density at radius 2 is 1.89 bits per heavy atom. The van der Waals surface area contributed by atoms with Crippen molar-refractivity contribution >= 4 is 45.8 Å². The Hall–Kier alpha value is -1.07. The normalized spacial score (nSPS) is 10.1. The van der Waals surface area contributed by atoms with Crippen molar-refractivity contribution in [3.63, 3.8) is 0 Å². The van der Waals surface area contributed by atoms with E-state index >= 15 is 0 Å². The van der Waals surface area contributed by atoms with Crippen LogP contribution in [0.15, 0.2) is 48.5 Å². The third-order valence-electron chi connectivity index (χ3n) is 2.41. The number of halogens is 2. The van der Waals surface area contributed by atoms with Gasteiger partial charge in [-0.3, -0.25) is 4.79 Å². The summed E-state index contributed by atoms with van der Waals surface area (Å²) in [7, 11) is 0. The molecule has 1 N–H and O–H groups in total. The number of amides is 1. The number of hydrogen-bond donors (Lipinski definition) is 1. The van der Waals surface area contributed by atoms with Crippen LogP contribution < -0.4 is 5.32 Å². The average molecular weight is 372 g/mol. The predicted molar refractivity (Wildman–Crippen MR) is 82.9 cm³/mol. The van der Waals surface area contributed by atoms with Crippen LogP contribution in [0.2, 0.25) is 5.02 Å². The summed E-state index contributed by atoms with van der Waals surface area (Å²) < 4.78 is 0.932. The molecule has 18 heavy (non-hydrogen) atoms. The summed E-state index contributed by atoms with van der Waals surface area (Å²) in [6, 6.07) is 15.1. The number of hydrogen-bond acceptors (Lipinski definition) is 1. The van der Waals surface area contributed by atoms with Gasteiger partial charge in [0.1, 0.15) is 0 Å². The summed E-state index contributed by atoms with van der Waals surface area (Å²) in [6.45, 7) is 0. The van der Waals surface area contributed by atoms with E-state index in [9.17, 15) is 4.79 Å². The Bertz CT molecular complexity index is 557. The van der Waals surface area contributed by atoms with Gasteiger partial charge in [-0.25, -0.2) is 0 Å². The molecule has 2 rings (SSSR count). The zero-order chi connectivity index (χ0) is 13.0. The van der Waals surface area contributed by atoms with Crippen LogP contribution in [0, 0.1) is 3.57 Å². The van der Waals surface area contributed by atoms with Gasteiger partial charge in [-0.15, -0.1) is 0 Å². The second-order valence-electron chi connectivity index (χ2n) is 3.83. The molecule has 0 heterocycles. The smallest absolute Gasteiger partial charge is 0.228 e. The van der Waals surface area contributed by atoms with E-state index in [1.165, 1.54) is 0 Å². The van der Waals surface area contributed by atoms with E-state index in [4.69, 9.17) is 11.6 Å². The molecule has 0 saturated carbocycles. The van der Waals surface area contributed by atoms with E-state index in [2.05, 4.69) is 27.9 Å². The van der Waals surface area contributed by atoms with Gasteiger partial charge in [0.25, 0.3) is 0 Å². The standard InChI is InChI=1S/C14H11ClINO/c15-11-6-7-13(12(16)9-11)17-14(18)8-10-4-2-1-3-5-10/h1-7,9H,8H2,(H,17,18). The minimum Gasteiger partial charge on any atom is -0.325 e. The maximum atomic E-state index is 11.9. The largest absolute Gasteiger partial charge is 0.325 e. The second kappa shape index (κ2) is 6.20. The summed E-state index contributed by atoms with van der Waals surface area (Å²) in [5.41, 5.74) is 1.79. The van der Waals surface area contributed by atoms with E-state index in [-0.39, 0.29) is 5.91 Å². The van der Waals surface area contributed by atoms with E-state index in [1.54, 1.807) is 6.07 Å². The Balaban J connectivity index is 2.03. The lowest BCUT2D eigenvalue weighted by molar-refractivity contribution is -0.115. The molecule has 0 aromatic heterocycles. The molecule has 92 valence electrons. The van der Waals surface area contributed by atoms with Crippen molar-refractivity contribution in [2.75, 3.05) is 5.32 Å². The lowest BCUT2D eigenvalue weighted by Crippen LogP contribution is -2.15. The number of rotatable bonds is 3. The first-order valence-electron chi connectivity index (χ1n) is 5.44. The molecule has 0 spiro atoms. The zero-order valence-corrected chi connectivity index (χ0v) is 12.4. The maximum Gasteiger partial charge on any atom is 0.228 e. The van der Waals surface area contributed by atoms with Crippen LogP contribution in [0.3, 0.4) is 0 Å². The van der Waals surface area contributed by atoms with E-state index < -0.39 is 0 Å². The van der Waals surface area contributed by atoms with Gasteiger partial charge in [0, 0.05) is 8.59 Å². The highest BCUT2D eigenvalue weighted by atomic mass is 127. The van der Waals surface area contributed by atoms with Crippen molar-refractivity contribution in [1.82, 2.24) is 0 Å². The van der Waals surface area contributed by atoms with Gasteiger partial charge in [-0.2, -0.15) is 0 Å². The van der Waals surface area contributed by atoms with Crippen LogP contribution in [-0.4, -0.2) is 5.91 Å². The van der Waals surface area contributed by atoms with E-state index in [0.717, 1.165) is 14.8 Å². The molecule has 0 aliphatic heterocycles. The fourth-order valence-electron chi connectivity index (χ4n) is 1.57. The van der Waals surface area contributed by atoms with Gasteiger partial charge in [0.2, 0.25) is 5.91 Å². The quantitative estimate of drug-likeness (QED) is 0.808. The minimum atomic E-state index is -0.0264. The van der Waals surface area contributed by atoms with E-state index in [0.29, 0.717) is 11.4 Å². The topological polar surface area (TPSA) is 29.1 Å². The fraction of sp³-hybridized carbons (Fsp3) is 0.0714. The van der Waals surface area contributed by atoms with Crippen molar-refractivity contribution in [3.05, 3.63) is 62.7 Å². The molecule has 0 unspecified atom stereocenters. The van der Waals surface area contributed by atoms with E-state index in [1.807, 2.05) is 42.5 Å². The van der Waals surface area contributed by atoms with Gasteiger partial charge in [0.05, 0.1) is 12.1 Å². The van der Waals surface area contributed by atoms with Crippen molar-refractivity contribution in [1.29, 1.82) is 0 Å². The number of benzene rings is 2. The van der Waals surface area contributed by atoms with Crippen LogP contribution in [0.4, 0.5) is 5.69 Å². The number of nitrogens with one attached hydrogen (secondary N) is 1. The SMILES string of the molecule is O=C(Cc1ccccc1)Nc1ccc(Cl)cc1I. The zero-order valence-electron chi connectivity index (χ0n) is 9.49. The monoisotopic (exact) mass is 371 g/mol. The third kappa shape index (κ3) is 3.71. The van der Waals surface area contributed by atoms with Crippen LogP contribution in [0.1, 0.15) is 5.56 Å². The van der Waals surface area contributed by atoms with Crippen molar-refractivity contribution in [3.8, 4) is 0 Å². The van der Waals surface area contributed by atoms with Gasteiger partial charge < -0.3 is 5.32 Å². The Morgan fingerprint density at radius 1 is 1.17 bits per heavy atom. The molecule has 0 aliphatic rings. The summed E-state index contributed by atoms with van der Waals surface area (Å²) in [5, 5.41) is 3.55. The Labute approximate surface area is 124 Å². The predicted octanol–water partition coefficient (Wildman–Crippen LogP) is 4.13. The van der Waals surface area contributed by atoms with Gasteiger partial charge in [-0.05, 0) is 46.4 Å². The Kier molecular flexibility index (Phi) is 4.60. The number of anilines is 1. The summed E-state index contributed by atoms with van der Waals surface area (Å²) in [6.07, 6.45) is 0.375. The maximum absolute atomic E-state index is 11.9. The highest BCUT2D eigenvalue weighted by molar-refractivity contribution is 14.1. The van der Waals surface area contributed by atoms with Crippen LogP contribution >= 0.6 is 34.2 Å². The first kappa shape index (κ1) is 13.4. The number of carbonyl (C=O) groups is 1. The van der Waals surface area contributed by atoms with Crippen LogP contribution in [-0.2, 0) is 11.2 Å².